The van der Waals surface area contributed by atoms with Gasteiger partial charge in [-0.15, -0.1) is 0 Å². The minimum atomic E-state index is -1.25. The molecule has 4 unspecified atom stereocenters. The van der Waals surface area contributed by atoms with Gasteiger partial charge < -0.3 is 25.4 Å². The van der Waals surface area contributed by atoms with Crippen LogP contribution in [0.1, 0.15) is 27.7 Å². The van der Waals surface area contributed by atoms with Gasteiger partial charge in [-0.25, -0.2) is 0 Å². The summed E-state index contributed by atoms with van der Waals surface area (Å²) in [5, 5.41) is 31.0. The van der Waals surface area contributed by atoms with Crippen LogP contribution in [0.3, 0.4) is 0 Å². The number of carbonyl (C=O) groups excluding carboxylic acids is 1. The number of ether oxygens (including phenoxy) is 1. The molecule has 134 valence electrons. The fourth-order valence-electron chi connectivity index (χ4n) is 1.79. The van der Waals surface area contributed by atoms with Crippen LogP contribution in [0.5, 0.6) is 0 Å². The summed E-state index contributed by atoms with van der Waals surface area (Å²) in [6.45, 7) is 14.6. The largest absolute Gasteiger partial charge is 0.394 e. The number of amides is 1. The van der Waals surface area contributed by atoms with Crippen LogP contribution in [0.15, 0.2) is 37.0 Å². The van der Waals surface area contributed by atoms with Gasteiger partial charge in [-0.05, 0) is 0 Å². The predicted molar refractivity (Wildman–Crippen MR) is 91.9 cm³/mol. The number of hydrogen-bond donors (Lipinski definition) is 4. The zero-order chi connectivity index (χ0) is 18.4. The number of aliphatic hydroxyl groups excluding tert-OH is 3. The zero-order valence-corrected chi connectivity index (χ0v) is 14.5. The van der Waals surface area contributed by atoms with Crippen molar-refractivity contribution in [3.05, 3.63) is 37.0 Å². The highest BCUT2D eigenvalue weighted by Gasteiger charge is 2.38. The van der Waals surface area contributed by atoms with Crippen molar-refractivity contribution in [1.29, 1.82) is 0 Å². The van der Waals surface area contributed by atoms with Crippen LogP contribution in [0.2, 0.25) is 0 Å². The molecule has 0 radical (unpaired) electrons. The van der Waals surface area contributed by atoms with Gasteiger partial charge in [0, 0.05) is 5.57 Å². The van der Waals surface area contributed by atoms with Crippen molar-refractivity contribution in [3.8, 4) is 0 Å². The van der Waals surface area contributed by atoms with Crippen molar-refractivity contribution in [1.82, 2.24) is 5.32 Å². The molecule has 1 saturated heterocycles. The lowest BCUT2D eigenvalue weighted by Gasteiger charge is -2.37. The second kappa shape index (κ2) is 14.1. The molecule has 4 atom stereocenters. The molecule has 1 aliphatic rings. The Morgan fingerprint density at radius 1 is 1.22 bits per heavy atom. The summed E-state index contributed by atoms with van der Waals surface area (Å²) in [5.74, 6) is -0.447. The molecule has 0 bridgehead atoms. The Balaban J connectivity index is 0. The minimum Gasteiger partial charge on any atom is -0.394 e. The topological polar surface area (TPSA) is 99.0 Å². The maximum atomic E-state index is 11.8. The number of nitrogens with one attached hydrogen (secondary N) is 1. The molecule has 1 rings (SSSR count). The van der Waals surface area contributed by atoms with Crippen molar-refractivity contribution in [3.63, 3.8) is 0 Å². The van der Waals surface area contributed by atoms with E-state index >= 15 is 0 Å². The van der Waals surface area contributed by atoms with Gasteiger partial charge in [-0.2, -0.15) is 0 Å². The van der Waals surface area contributed by atoms with E-state index in [2.05, 4.69) is 18.5 Å². The Morgan fingerprint density at radius 3 is 2.22 bits per heavy atom. The van der Waals surface area contributed by atoms with E-state index in [0.717, 1.165) is 0 Å². The van der Waals surface area contributed by atoms with E-state index in [9.17, 15) is 15.0 Å². The van der Waals surface area contributed by atoms with Crippen LogP contribution in [-0.4, -0.2) is 58.8 Å². The highest BCUT2D eigenvalue weighted by Crippen LogP contribution is 2.15. The molecule has 0 aromatic heterocycles. The quantitative estimate of drug-likeness (QED) is 0.444. The summed E-state index contributed by atoms with van der Waals surface area (Å²) in [6.07, 6.45) is 0.988. The van der Waals surface area contributed by atoms with Gasteiger partial charge in [0.15, 0.2) is 0 Å². The summed E-state index contributed by atoms with van der Waals surface area (Å²) in [7, 11) is 0. The summed E-state index contributed by atoms with van der Waals surface area (Å²) in [6, 6.07) is -0.751. The Kier molecular flexibility index (Phi) is 14.6. The lowest BCUT2D eigenvalue weighted by molar-refractivity contribution is -0.163. The first kappa shape index (κ1) is 23.8. The van der Waals surface area contributed by atoms with E-state index in [0.29, 0.717) is 5.57 Å². The minimum absolute atomic E-state index is 0.00764. The van der Waals surface area contributed by atoms with Crippen molar-refractivity contribution >= 4 is 5.91 Å². The Hall–Kier alpha value is -1.47. The highest BCUT2D eigenvalue weighted by molar-refractivity contribution is 5.96. The fraction of sp³-hybridized carbons (Fsp3) is 0.588. The van der Waals surface area contributed by atoms with Crippen molar-refractivity contribution in [2.24, 2.45) is 0 Å². The van der Waals surface area contributed by atoms with Crippen molar-refractivity contribution in [2.75, 3.05) is 13.2 Å². The molecule has 0 aromatic rings. The number of rotatable bonds is 5. The van der Waals surface area contributed by atoms with Crippen molar-refractivity contribution < 1.29 is 24.9 Å². The molecule has 4 N–H and O–H groups in total. The lowest BCUT2D eigenvalue weighted by atomic mass is 9.98. The van der Waals surface area contributed by atoms with Crippen LogP contribution in [0.4, 0.5) is 0 Å². The SMILES string of the molecule is C=C/C=C(\C=C)C(=O)NC1COC(CO)C(O)C1O.CC.CC. The first-order valence-corrected chi connectivity index (χ1v) is 7.89. The smallest absolute Gasteiger partial charge is 0.251 e. The van der Waals surface area contributed by atoms with E-state index in [-0.39, 0.29) is 6.61 Å². The summed E-state index contributed by atoms with van der Waals surface area (Å²) in [4.78, 5) is 11.8. The molecule has 0 spiro atoms. The number of allylic oxidation sites excluding steroid dienone is 2. The van der Waals surface area contributed by atoms with Gasteiger partial charge in [0.25, 0.3) is 5.91 Å². The maximum absolute atomic E-state index is 11.8. The van der Waals surface area contributed by atoms with E-state index in [1.165, 1.54) is 18.2 Å². The molecule has 0 saturated carbocycles. The molecule has 6 nitrogen and oxygen atoms in total. The zero-order valence-electron chi connectivity index (χ0n) is 14.5. The normalized spacial score (nSPS) is 26.7. The third-order valence-electron chi connectivity index (χ3n) is 2.91. The third-order valence-corrected chi connectivity index (χ3v) is 2.91. The summed E-state index contributed by atoms with van der Waals surface area (Å²) in [5.41, 5.74) is 0.293. The average molecular weight is 329 g/mol. The predicted octanol–water partition coefficient (Wildman–Crippen LogP) is 0.935. The fourth-order valence-corrected chi connectivity index (χ4v) is 1.79. The van der Waals surface area contributed by atoms with Gasteiger partial charge >= 0.3 is 0 Å². The summed E-state index contributed by atoms with van der Waals surface area (Å²) >= 11 is 0. The highest BCUT2D eigenvalue weighted by atomic mass is 16.5. The Bertz CT molecular complexity index is 381. The number of aliphatic hydroxyl groups is 3. The third kappa shape index (κ3) is 7.56. The molecule has 6 heteroatoms. The van der Waals surface area contributed by atoms with Crippen LogP contribution in [0.25, 0.3) is 0 Å². The van der Waals surface area contributed by atoms with E-state index in [1.807, 2.05) is 27.7 Å². The average Bonchev–Trinajstić information content (AvgIpc) is 2.60. The van der Waals surface area contributed by atoms with Gasteiger partial charge in [-0.3, -0.25) is 4.79 Å². The van der Waals surface area contributed by atoms with E-state index in [4.69, 9.17) is 9.84 Å². The molecule has 23 heavy (non-hydrogen) atoms. The van der Waals surface area contributed by atoms with E-state index in [1.54, 1.807) is 0 Å². The molecule has 1 aliphatic heterocycles. The van der Waals surface area contributed by atoms with Crippen molar-refractivity contribution in [2.45, 2.75) is 52.0 Å². The van der Waals surface area contributed by atoms with Gasteiger partial charge in [0.2, 0.25) is 0 Å². The second-order valence-electron chi connectivity index (χ2n) is 4.18. The number of carbonyl (C=O) groups is 1. The lowest BCUT2D eigenvalue weighted by Crippen LogP contribution is -2.60. The standard InChI is InChI=1S/C13H19NO5.2C2H6/c1-3-5-8(4-2)13(18)14-9-7-19-10(6-15)12(17)11(9)16;2*1-2/h3-5,9-12,15-17H,1-2,6-7H2,(H,14,18);2*1-2H3/b8-5+;;. The first-order chi connectivity index (χ1) is 11.0. The van der Waals surface area contributed by atoms with Crippen LogP contribution in [0, 0.1) is 0 Å². The van der Waals surface area contributed by atoms with Gasteiger partial charge in [0.05, 0.1) is 19.3 Å². The Morgan fingerprint density at radius 2 is 1.78 bits per heavy atom. The van der Waals surface area contributed by atoms with Gasteiger partial charge in [0.1, 0.15) is 18.3 Å². The molecule has 1 fully saturated rings. The van der Waals surface area contributed by atoms with Crippen LogP contribution in [-0.2, 0) is 9.53 Å². The summed E-state index contributed by atoms with van der Waals surface area (Å²) < 4.78 is 5.16. The van der Waals surface area contributed by atoms with Crippen LogP contribution >= 0.6 is 0 Å². The first-order valence-electron chi connectivity index (χ1n) is 7.89. The number of hydrogen-bond acceptors (Lipinski definition) is 5. The molecule has 0 aliphatic carbocycles. The van der Waals surface area contributed by atoms with Crippen LogP contribution < -0.4 is 5.32 Å². The molecule has 1 amide bonds. The molecule has 0 aromatic carbocycles. The second-order valence-corrected chi connectivity index (χ2v) is 4.18. The molecule has 1 heterocycles. The molecular weight excluding hydrogens is 298 g/mol. The monoisotopic (exact) mass is 329 g/mol. The Labute approximate surface area is 139 Å². The maximum Gasteiger partial charge on any atom is 0.251 e. The molecular formula is C17H31NO5. The van der Waals surface area contributed by atoms with E-state index < -0.39 is 36.9 Å². The van der Waals surface area contributed by atoms with Gasteiger partial charge in [-0.1, -0.05) is 59.1 Å².